The van der Waals surface area contributed by atoms with Gasteiger partial charge in [-0.25, -0.2) is 0 Å². The Balaban J connectivity index is 1.10. The zero-order valence-corrected chi connectivity index (χ0v) is 23.6. The molecule has 2 heterocycles. The second-order valence-electron chi connectivity index (χ2n) is 13.6. The summed E-state index contributed by atoms with van der Waals surface area (Å²) in [6.07, 6.45) is 9.82. The van der Waals surface area contributed by atoms with Crippen molar-refractivity contribution in [3.05, 3.63) is 35.4 Å². The van der Waals surface area contributed by atoms with Crippen molar-refractivity contribution in [1.82, 2.24) is 20.9 Å². The van der Waals surface area contributed by atoms with E-state index >= 15 is 0 Å². The Bertz CT molecular complexity index is 1300. The molecule has 4 aliphatic carbocycles. The lowest BCUT2D eigenvalue weighted by atomic mass is 9.78. The van der Waals surface area contributed by atoms with Crippen LogP contribution in [0.15, 0.2) is 24.3 Å². The van der Waals surface area contributed by atoms with Crippen molar-refractivity contribution < 1.29 is 24.0 Å². The van der Waals surface area contributed by atoms with Crippen LogP contribution in [0.2, 0.25) is 0 Å². The Hall–Kier alpha value is -3.23. The van der Waals surface area contributed by atoms with Crippen LogP contribution in [0.4, 0.5) is 0 Å². The summed E-state index contributed by atoms with van der Waals surface area (Å²) in [5, 5.41) is 8.40. The second-order valence-corrected chi connectivity index (χ2v) is 13.6. The number of piperidine rings is 1. The smallest absolute Gasteiger partial charge is 0.289 e. The fourth-order valence-corrected chi connectivity index (χ4v) is 7.92. The number of likely N-dealkylation sites (tertiary alicyclic amines) is 1. The van der Waals surface area contributed by atoms with Crippen molar-refractivity contribution in [1.29, 1.82) is 0 Å². The first-order valence-electron chi connectivity index (χ1n) is 15.6. The van der Waals surface area contributed by atoms with Gasteiger partial charge < -0.3 is 20.9 Å². The lowest BCUT2D eigenvalue weighted by molar-refractivity contribution is -0.147. The van der Waals surface area contributed by atoms with E-state index in [2.05, 4.69) is 40.2 Å². The van der Waals surface area contributed by atoms with Crippen molar-refractivity contribution in [3.8, 4) is 0 Å². The van der Waals surface area contributed by atoms with Gasteiger partial charge in [0.2, 0.25) is 23.5 Å². The van der Waals surface area contributed by atoms with Crippen LogP contribution in [0.3, 0.4) is 0 Å². The van der Waals surface area contributed by atoms with Gasteiger partial charge in [0.25, 0.3) is 5.91 Å². The predicted octanol–water partition coefficient (Wildman–Crippen LogP) is 1.91. The Morgan fingerprint density at radius 2 is 1.83 bits per heavy atom. The Morgan fingerprint density at radius 1 is 1.02 bits per heavy atom. The normalized spacial score (nSPS) is 31.7. The minimum absolute atomic E-state index is 0.00884. The minimum Gasteiger partial charge on any atom is -0.356 e. The molecule has 5 fully saturated rings. The first-order chi connectivity index (χ1) is 19.8. The molecule has 0 radical (unpaired) electrons. The molecule has 2 saturated heterocycles. The number of hydrogen-bond acceptors (Lipinski definition) is 5. The molecular weight excluding hydrogens is 520 g/mol. The molecule has 9 heteroatoms. The minimum atomic E-state index is -1.10. The van der Waals surface area contributed by atoms with Gasteiger partial charge in [0, 0.05) is 36.4 Å². The monoisotopic (exact) mass is 560 g/mol. The maximum Gasteiger partial charge on any atom is 0.289 e. The van der Waals surface area contributed by atoms with Crippen molar-refractivity contribution >= 4 is 29.4 Å². The number of nitrogens with zero attached hydrogens (tertiary/aromatic N) is 1. The standard InChI is InChI=1S/C32H40N4O5/c37-26(29(40)34-21-7-8-21)24(16-20-9-14-33-27(20)38)35-28(39)25-18-31(11-12-31)13-15-36(25)30(41)23-17-32(23)10-3-5-19-4-1-2-6-22(19)32/h1-2,4,6,20-21,23-25H,3,5,7-18H2,(H,33,38)(H,34,40)(H,35,39). The van der Waals surface area contributed by atoms with Gasteiger partial charge in [-0.3, -0.25) is 24.0 Å². The third-order valence-corrected chi connectivity index (χ3v) is 10.9. The van der Waals surface area contributed by atoms with E-state index in [4.69, 9.17) is 0 Å². The van der Waals surface area contributed by atoms with Crippen LogP contribution in [0, 0.1) is 17.3 Å². The molecule has 7 rings (SSSR count). The SMILES string of the molecule is O=C(NC1CC1)C(=O)C(CC1CCNC1=O)NC(=O)C1CC2(CCN1C(=O)C1CC13CCCc1ccccc13)CC2. The van der Waals surface area contributed by atoms with Crippen LogP contribution in [-0.2, 0) is 35.8 Å². The van der Waals surface area contributed by atoms with Crippen molar-refractivity contribution in [2.45, 2.75) is 101 Å². The lowest BCUT2D eigenvalue weighted by Gasteiger charge is -2.40. The van der Waals surface area contributed by atoms with Gasteiger partial charge in [-0.15, -0.1) is 0 Å². The molecule has 4 amide bonds. The van der Waals surface area contributed by atoms with E-state index in [1.807, 2.05) is 0 Å². The molecule has 1 aromatic rings. The molecule has 3 saturated carbocycles. The number of carbonyl (C=O) groups excluding carboxylic acids is 5. The highest BCUT2D eigenvalue weighted by atomic mass is 16.2. The second kappa shape index (κ2) is 9.95. The van der Waals surface area contributed by atoms with E-state index in [1.165, 1.54) is 11.1 Å². The quantitative estimate of drug-likeness (QED) is 0.419. The summed E-state index contributed by atoms with van der Waals surface area (Å²) in [7, 11) is 0. The molecule has 5 unspecified atom stereocenters. The molecular formula is C32H40N4O5. The Labute approximate surface area is 240 Å². The lowest BCUT2D eigenvalue weighted by Crippen LogP contribution is -2.58. The highest BCUT2D eigenvalue weighted by molar-refractivity contribution is 6.38. The number of amides is 4. The first-order valence-corrected chi connectivity index (χ1v) is 15.6. The van der Waals surface area contributed by atoms with Crippen molar-refractivity contribution in [2.24, 2.45) is 17.3 Å². The van der Waals surface area contributed by atoms with E-state index in [0.29, 0.717) is 25.9 Å². The molecule has 3 N–H and O–H groups in total. The molecule has 0 aromatic heterocycles. The van der Waals surface area contributed by atoms with Crippen LogP contribution >= 0.6 is 0 Å². The zero-order chi connectivity index (χ0) is 28.4. The molecule has 5 atom stereocenters. The molecule has 2 aliphatic heterocycles. The number of nitrogens with one attached hydrogen (secondary N) is 3. The van der Waals surface area contributed by atoms with Gasteiger partial charge in [0.05, 0.1) is 6.04 Å². The van der Waals surface area contributed by atoms with Crippen LogP contribution in [0.5, 0.6) is 0 Å². The zero-order valence-electron chi connectivity index (χ0n) is 23.6. The van der Waals surface area contributed by atoms with Gasteiger partial charge in [-0.2, -0.15) is 0 Å². The molecule has 6 aliphatic rings. The maximum atomic E-state index is 14.1. The number of fused-ring (bicyclic) bond motifs is 2. The van der Waals surface area contributed by atoms with E-state index in [9.17, 15) is 24.0 Å². The van der Waals surface area contributed by atoms with E-state index in [1.54, 1.807) is 4.90 Å². The number of carbonyl (C=O) groups is 5. The van der Waals surface area contributed by atoms with Gasteiger partial charge in [0.15, 0.2) is 0 Å². The fourth-order valence-electron chi connectivity index (χ4n) is 7.92. The van der Waals surface area contributed by atoms with Gasteiger partial charge in [0.1, 0.15) is 6.04 Å². The van der Waals surface area contributed by atoms with Crippen LogP contribution < -0.4 is 16.0 Å². The molecule has 218 valence electrons. The number of aryl methyl sites for hydroxylation is 1. The van der Waals surface area contributed by atoms with Gasteiger partial charge >= 0.3 is 0 Å². The molecule has 2 spiro atoms. The summed E-state index contributed by atoms with van der Waals surface area (Å²) in [5.41, 5.74) is 2.59. The third-order valence-electron chi connectivity index (χ3n) is 10.9. The Morgan fingerprint density at radius 3 is 2.56 bits per heavy atom. The number of ketones is 1. The molecule has 41 heavy (non-hydrogen) atoms. The van der Waals surface area contributed by atoms with Crippen molar-refractivity contribution in [2.75, 3.05) is 13.1 Å². The van der Waals surface area contributed by atoms with E-state index in [0.717, 1.165) is 57.8 Å². The van der Waals surface area contributed by atoms with E-state index in [-0.39, 0.29) is 46.9 Å². The van der Waals surface area contributed by atoms with Crippen LogP contribution in [-0.4, -0.2) is 65.5 Å². The van der Waals surface area contributed by atoms with Crippen LogP contribution in [0.1, 0.15) is 81.8 Å². The first kappa shape index (κ1) is 26.7. The topological polar surface area (TPSA) is 125 Å². The predicted molar refractivity (Wildman–Crippen MR) is 149 cm³/mol. The number of benzene rings is 1. The average Bonchev–Trinajstić information content (AvgIpc) is 3.92. The number of rotatable bonds is 8. The summed E-state index contributed by atoms with van der Waals surface area (Å²) >= 11 is 0. The highest BCUT2D eigenvalue weighted by Gasteiger charge is 2.62. The average molecular weight is 561 g/mol. The maximum absolute atomic E-state index is 14.1. The summed E-state index contributed by atoms with van der Waals surface area (Å²) in [4.78, 5) is 68.2. The molecule has 9 nitrogen and oxygen atoms in total. The molecule has 1 aromatic carbocycles. The fraction of sp³-hybridized carbons (Fsp3) is 0.656. The largest absolute Gasteiger partial charge is 0.356 e. The Kier molecular flexibility index (Phi) is 6.47. The summed E-state index contributed by atoms with van der Waals surface area (Å²) in [6, 6.07) is 6.70. The summed E-state index contributed by atoms with van der Waals surface area (Å²) in [6.45, 7) is 1.06. The number of hydrogen-bond donors (Lipinski definition) is 3. The highest BCUT2D eigenvalue weighted by Crippen LogP contribution is 2.62. The van der Waals surface area contributed by atoms with Gasteiger partial charge in [-0.1, -0.05) is 24.3 Å². The number of Topliss-reactive ketones (excluding diaryl/α,β-unsaturated/α-hetero) is 1. The summed E-state index contributed by atoms with van der Waals surface area (Å²) < 4.78 is 0. The molecule has 0 bridgehead atoms. The third kappa shape index (κ3) is 4.95. The van der Waals surface area contributed by atoms with E-state index < -0.39 is 29.7 Å². The van der Waals surface area contributed by atoms with Crippen molar-refractivity contribution in [3.63, 3.8) is 0 Å². The van der Waals surface area contributed by atoms with Gasteiger partial charge in [-0.05, 0) is 93.6 Å². The van der Waals surface area contributed by atoms with Crippen LogP contribution in [0.25, 0.3) is 0 Å². The summed E-state index contributed by atoms with van der Waals surface area (Å²) in [5.74, 6) is -2.47.